The summed E-state index contributed by atoms with van der Waals surface area (Å²) in [6.45, 7) is 7.44. The molecule has 2 rings (SSSR count). The van der Waals surface area contributed by atoms with Crippen LogP contribution in [0.15, 0.2) is 24.3 Å². The molecule has 1 unspecified atom stereocenters. The number of β-amino-alcohol motifs (C(OH)–C–C–N with tert-alkyl or cyclic N) is 1. The van der Waals surface area contributed by atoms with E-state index < -0.39 is 6.10 Å². The molecule has 1 fully saturated rings. The van der Waals surface area contributed by atoms with Gasteiger partial charge in [-0.1, -0.05) is 25.5 Å². The van der Waals surface area contributed by atoms with Crippen LogP contribution in [0.2, 0.25) is 0 Å². The molecule has 0 saturated carbocycles. The molecular weight excluding hydrogens is 335 g/mol. The number of aliphatic hydroxyl groups excluding tert-OH is 1. The summed E-state index contributed by atoms with van der Waals surface area (Å²) in [5.74, 6) is 0.840. The molecule has 0 amide bonds. The number of aliphatic hydroxyl groups is 1. The van der Waals surface area contributed by atoms with Crippen LogP contribution in [0.5, 0.6) is 5.75 Å². The van der Waals surface area contributed by atoms with Crippen molar-refractivity contribution in [2.75, 3.05) is 46.4 Å². The van der Waals surface area contributed by atoms with Crippen LogP contribution >= 0.6 is 24.8 Å². The summed E-state index contributed by atoms with van der Waals surface area (Å²) in [6.07, 6.45) is 1.83. The van der Waals surface area contributed by atoms with E-state index in [1.165, 1.54) is 5.56 Å². The molecule has 1 aliphatic rings. The second-order valence-electron chi connectivity index (χ2n) is 5.96. The third-order valence-corrected chi connectivity index (χ3v) is 3.97. The maximum atomic E-state index is 10.1. The van der Waals surface area contributed by atoms with Gasteiger partial charge >= 0.3 is 0 Å². The van der Waals surface area contributed by atoms with Gasteiger partial charge in [0, 0.05) is 32.7 Å². The lowest BCUT2D eigenvalue weighted by atomic mass is 10.1. The molecule has 1 heterocycles. The highest BCUT2D eigenvalue weighted by molar-refractivity contribution is 5.85. The van der Waals surface area contributed by atoms with Gasteiger partial charge in [-0.3, -0.25) is 4.90 Å². The van der Waals surface area contributed by atoms with Gasteiger partial charge in [0.05, 0.1) is 0 Å². The predicted octanol–water partition coefficient (Wildman–Crippen LogP) is 2.47. The number of piperazine rings is 1. The van der Waals surface area contributed by atoms with E-state index in [4.69, 9.17) is 4.74 Å². The van der Waals surface area contributed by atoms with Gasteiger partial charge in [-0.25, -0.2) is 0 Å². The number of ether oxygens (including phenoxy) is 1. The Morgan fingerprint density at radius 1 is 1.09 bits per heavy atom. The molecule has 1 aromatic carbocycles. The number of hydrogen-bond donors (Lipinski definition) is 1. The van der Waals surface area contributed by atoms with E-state index in [-0.39, 0.29) is 24.8 Å². The molecule has 0 spiro atoms. The average molecular weight is 365 g/mol. The summed E-state index contributed by atoms with van der Waals surface area (Å²) in [4.78, 5) is 4.62. The van der Waals surface area contributed by atoms with Crippen LogP contribution in [0.4, 0.5) is 0 Å². The summed E-state index contributed by atoms with van der Waals surface area (Å²) in [5, 5.41) is 10.1. The molecular formula is C17H30Cl2N2O2. The first-order chi connectivity index (χ1) is 10.2. The summed E-state index contributed by atoms with van der Waals surface area (Å²) >= 11 is 0. The average Bonchev–Trinajstić information content (AvgIpc) is 2.49. The molecule has 0 bridgehead atoms. The fraction of sp³-hybridized carbons (Fsp3) is 0.647. The summed E-state index contributed by atoms with van der Waals surface area (Å²) < 4.78 is 5.68. The Balaban J connectivity index is 0.00000242. The molecule has 1 aliphatic heterocycles. The molecule has 0 aliphatic carbocycles. The van der Waals surface area contributed by atoms with Gasteiger partial charge in [-0.05, 0) is 31.2 Å². The Kier molecular flexibility index (Phi) is 11.7. The van der Waals surface area contributed by atoms with Gasteiger partial charge in [-0.2, -0.15) is 0 Å². The van der Waals surface area contributed by atoms with Gasteiger partial charge in [0.2, 0.25) is 0 Å². The van der Waals surface area contributed by atoms with Crippen LogP contribution in [-0.2, 0) is 6.42 Å². The number of likely N-dealkylation sites (N-methyl/N-ethyl adjacent to an activating group) is 1. The van der Waals surface area contributed by atoms with Crippen molar-refractivity contribution in [3.63, 3.8) is 0 Å². The van der Waals surface area contributed by atoms with Crippen LogP contribution in [0.25, 0.3) is 0 Å². The molecule has 1 N–H and O–H groups in total. The third kappa shape index (κ3) is 8.23. The minimum atomic E-state index is -0.427. The molecule has 0 aromatic heterocycles. The number of aryl methyl sites for hydroxylation is 1. The highest BCUT2D eigenvalue weighted by atomic mass is 35.5. The van der Waals surface area contributed by atoms with Crippen LogP contribution < -0.4 is 4.74 Å². The summed E-state index contributed by atoms with van der Waals surface area (Å²) in [7, 11) is 2.14. The van der Waals surface area contributed by atoms with Crippen LogP contribution in [0, 0.1) is 0 Å². The van der Waals surface area contributed by atoms with Gasteiger partial charge < -0.3 is 14.7 Å². The lowest BCUT2D eigenvalue weighted by Gasteiger charge is -2.33. The van der Waals surface area contributed by atoms with Crippen molar-refractivity contribution in [1.82, 2.24) is 9.80 Å². The van der Waals surface area contributed by atoms with Crippen molar-refractivity contribution in [3.05, 3.63) is 29.8 Å². The van der Waals surface area contributed by atoms with Crippen molar-refractivity contribution in [3.8, 4) is 5.75 Å². The third-order valence-electron chi connectivity index (χ3n) is 3.97. The van der Waals surface area contributed by atoms with Gasteiger partial charge in [0.1, 0.15) is 18.5 Å². The number of halogens is 2. The number of rotatable bonds is 7. The molecule has 134 valence electrons. The van der Waals surface area contributed by atoms with Crippen LogP contribution in [0.3, 0.4) is 0 Å². The van der Waals surface area contributed by atoms with E-state index in [2.05, 4.69) is 35.9 Å². The van der Waals surface area contributed by atoms with Crippen molar-refractivity contribution >= 4 is 24.8 Å². The topological polar surface area (TPSA) is 35.9 Å². The first-order valence-electron chi connectivity index (χ1n) is 7.98. The molecule has 1 saturated heterocycles. The smallest absolute Gasteiger partial charge is 0.119 e. The molecule has 1 aromatic rings. The SMILES string of the molecule is CCCc1ccc(OCC(O)CN2CCN(C)CC2)cc1.Cl.Cl. The maximum Gasteiger partial charge on any atom is 0.119 e. The molecule has 6 heteroatoms. The monoisotopic (exact) mass is 364 g/mol. The van der Waals surface area contributed by atoms with Gasteiger partial charge in [0.25, 0.3) is 0 Å². The largest absolute Gasteiger partial charge is 0.491 e. The molecule has 23 heavy (non-hydrogen) atoms. The van der Waals surface area contributed by atoms with Crippen molar-refractivity contribution in [2.24, 2.45) is 0 Å². The minimum Gasteiger partial charge on any atom is -0.491 e. The predicted molar refractivity (Wildman–Crippen MR) is 100 cm³/mol. The van der Waals surface area contributed by atoms with E-state index in [0.29, 0.717) is 13.2 Å². The highest BCUT2D eigenvalue weighted by Gasteiger charge is 2.17. The molecule has 1 atom stereocenters. The molecule has 0 radical (unpaired) electrons. The van der Waals surface area contributed by atoms with Crippen molar-refractivity contribution < 1.29 is 9.84 Å². The first-order valence-corrected chi connectivity index (χ1v) is 7.98. The Bertz CT molecular complexity index is 410. The van der Waals surface area contributed by atoms with Gasteiger partial charge in [-0.15, -0.1) is 24.8 Å². The maximum absolute atomic E-state index is 10.1. The zero-order valence-corrected chi connectivity index (χ0v) is 15.7. The Morgan fingerprint density at radius 3 is 2.26 bits per heavy atom. The minimum absolute atomic E-state index is 0. The fourth-order valence-electron chi connectivity index (χ4n) is 2.61. The Morgan fingerprint density at radius 2 is 1.70 bits per heavy atom. The lowest BCUT2D eigenvalue weighted by molar-refractivity contribution is 0.0505. The number of benzene rings is 1. The zero-order valence-electron chi connectivity index (χ0n) is 14.1. The van der Waals surface area contributed by atoms with Crippen LogP contribution in [-0.4, -0.2) is 67.4 Å². The van der Waals surface area contributed by atoms with Crippen molar-refractivity contribution in [2.45, 2.75) is 25.9 Å². The number of hydrogen-bond acceptors (Lipinski definition) is 4. The van der Waals surface area contributed by atoms with Crippen LogP contribution in [0.1, 0.15) is 18.9 Å². The highest BCUT2D eigenvalue weighted by Crippen LogP contribution is 2.13. The Hall–Kier alpha value is -0.520. The Labute approximate surface area is 152 Å². The van der Waals surface area contributed by atoms with E-state index in [0.717, 1.165) is 44.8 Å². The first kappa shape index (κ1) is 22.5. The fourth-order valence-corrected chi connectivity index (χ4v) is 2.61. The normalized spacial score (nSPS) is 17.0. The second-order valence-corrected chi connectivity index (χ2v) is 5.96. The molecule has 4 nitrogen and oxygen atoms in total. The number of nitrogens with zero attached hydrogens (tertiary/aromatic N) is 2. The van der Waals surface area contributed by atoms with Crippen molar-refractivity contribution in [1.29, 1.82) is 0 Å². The summed E-state index contributed by atoms with van der Waals surface area (Å²) in [5.41, 5.74) is 1.34. The second kappa shape index (κ2) is 11.9. The van der Waals surface area contributed by atoms with E-state index in [1.54, 1.807) is 0 Å². The lowest BCUT2D eigenvalue weighted by Crippen LogP contribution is -2.47. The zero-order chi connectivity index (χ0) is 15.1. The summed E-state index contributed by atoms with van der Waals surface area (Å²) in [6, 6.07) is 8.19. The van der Waals surface area contributed by atoms with E-state index in [9.17, 15) is 5.11 Å². The van der Waals surface area contributed by atoms with Gasteiger partial charge in [0.15, 0.2) is 0 Å². The standard InChI is InChI=1S/C17H28N2O2.2ClH/c1-3-4-15-5-7-17(8-6-15)21-14-16(20)13-19-11-9-18(2)10-12-19;;/h5-8,16,20H,3-4,9-14H2,1-2H3;2*1H. The van der Waals surface area contributed by atoms with E-state index in [1.807, 2.05) is 12.1 Å². The quantitative estimate of drug-likeness (QED) is 0.805. The van der Waals surface area contributed by atoms with E-state index >= 15 is 0 Å².